The molecule has 2 unspecified atom stereocenters. The van der Waals surface area contributed by atoms with Gasteiger partial charge in [-0.15, -0.1) is 11.3 Å². The maximum absolute atomic E-state index is 6.60. The van der Waals surface area contributed by atoms with Crippen LogP contribution in [-0.2, 0) is 0 Å². The van der Waals surface area contributed by atoms with Gasteiger partial charge in [0.1, 0.15) is 11.3 Å². The van der Waals surface area contributed by atoms with Crippen molar-refractivity contribution in [2.75, 3.05) is 0 Å². The van der Waals surface area contributed by atoms with E-state index in [0.29, 0.717) is 29.4 Å². The third-order valence-corrected chi connectivity index (χ3v) is 14.5. The molecule has 0 bridgehead atoms. The number of hydrogen-bond donors (Lipinski definition) is 0. The zero-order valence-corrected chi connectivity index (χ0v) is 37.3. The summed E-state index contributed by atoms with van der Waals surface area (Å²) in [5.41, 5.74) is 12.8. The molecule has 8 aromatic carbocycles. The van der Waals surface area contributed by atoms with Crippen LogP contribution in [0.1, 0.15) is 37.5 Å². The quantitative estimate of drug-likeness (QED) is 0.167. The Bertz CT molecular complexity index is 3900. The van der Waals surface area contributed by atoms with Gasteiger partial charge < -0.3 is 4.42 Å². The van der Waals surface area contributed by atoms with Gasteiger partial charge in [-0.05, 0) is 94.8 Å². The fraction of sp³-hybridized carbons (Fsp3) is 0.0833. The second-order valence-corrected chi connectivity index (χ2v) is 18.2. The highest BCUT2D eigenvalue weighted by Crippen LogP contribution is 2.55. The number of aromatic nitrogens is 4. The van der Waals surface area contributed by atoms with E-state index in [9.17, 15) is 0 Å². The average Bonchev–Trinajstić information content (AvgIpc) is 3.80. The molecular formula is C60H42N4OS. The Balaban J connectivity index is 0.00000215. The summed E-state index contributed by atoms with van der Waals surface area (Å²) in [5.74, 6) is 3.95. The van der Waals surface area contributed by atoms with Crippen LogP contribution in [0.4, 0.5) is 0 Å². The number of thiophene rings is 1. The minimum Gasteiger partial charge on any atom is -0.460 e. The van der Waals surface area contributed by atoms with Crippen molar-refractivity contribution in [2.45, 2.75) is 26.2 Å². The van der Waals surface area contributed by atoms with E-state index in [1.807, 2.05) is 43.4 Å². The number of nitrogens with zero attached hydrogens (tertiary/aromatic N) is 4. The second kappa shape index (κ2) is 15.4. The number of hydrogen-bond acceptors (Lipinski definition) is 5. The topological polar surface area (TPSA) is 56.7 Å². The summed E-state index contributed by atoms with van der Waals surface area (Å²) in [5, 5.41) is 5.97. The van der Waals surface area contributed by atoms with Crippen molar-refractivity contribution in [3.63, 3.8) is 0 Å². The van der Waals surface area contributed by atoms with Gasteiger partial charge in [-0.25, -0.2) is 4.98 Å². The molecule has 0 spiro atoms. The first-order valence-corrected chi connectivity index (χ1v) is 23.7. The van der Waals surface area contributed by atoms with Crippen molar-refractivity contribution in [2.24, 2.45) is 5.92 Å². The minimum absolute atomic E-state index is 0.488. The van der Waals surface area contributed by atoms with E-state index in [1.165, 1.54) is 31.3 Å². The van der Waals surface area contributed by atoms with E-state index < -0.39 is 0 Å². The molecule has 0 N–H and O–H groups in total. The highest BCUT2D eigenvalue weighted by Gasteiger charge is 2.43. The zero-order valence-electron chi connectivity index (χ0n) is 36.4. The van der Waals surface area contributed by atoms with Gasteiger partial charge in [0.2, 0.25) is 5.95 Å². The summed E-state index contributed by atoms with van der Waals surface area (Å²) in [6, 6.07) is 65.2. The minimum atomic E-state index is 0.488. The van der Waals surface area contributed by atoms with E-state index in [1.54, 1.807) is 0 Å². The normalized spacial score (nSPS) is 15.0. The Morgan fingerprint density at radius 3 is 2.02 bits per heavy atom. The molecule has 4 aromatic heterocycles. The molecule has 0 amide bonds. The smallest absolute Gasteiger partial charge is 0.238 e. The molecule has 66 heavy (non-hydrogen) atoms. The van der Waals surface area contributed by atoms with Crippen molar-refractivity contribution in [1.82, 2.24) is 19.5 Å². The molecule has 5 nitrogen and oxygen atoms in total. The van der Waals surface area contributed by atoms with Gasteiger partial charge in [0.15, 0.2) is 11.6 Å². The molecule has 2 aliphatic carbocycles. The number of furan rings is 1. The molecule has 2 aliphatic rings. The first-order valence-electron chi connectivity index (χ1n) is 22.9. The Morgan fingerprint density at radius 2 is 1.17 bits per heavy atom. The Labute approximate surface area is 386 Å². The lowest BCUT2D eigenvalue weighted by atomic mass is 9.93. The SMILES string of the molecule is C1=CC2CC2c2oc3cc(-c4nc(-c5ccccc5)nc(-n5c6ccccc6c6cc(-c7ccccc7)cc(-c7cccc(-c8ccc9sc%10ccccc%10c9c8)c7)c65)n4)ccc3c21.CC. The molecule has 6 heteroatoms. The van der Waals surface area contributed by atoms with Crippen LogP contribution in [-0.4, -0.2) is 19.5 Å². The molecule has 1 saturated carbocycles. The summed E-state index contributed by atoms with van der Waals surface area (Å²) in [6.45, 7) is 4.00. The van der Waals surface area contributed by atoms with Crippen molar-refractivity contribution in [3.05, 3.63) is 199 Å². The zero-order chi connectivity index (χ0) is 43.9. The molecule has 1 fully saturated rings. The third kappa shape index (κ3) is 6.24. The summed E-state index contributed by atoms with van der Waals surface area (Å²) < 4.78 is 11.5. The van der Waals surface area contributed by atoms with Crippen molar-refractivity contribution < 1.29 is 4.42 Å². The number of rotatable bonds is 6. The maximum Gasteiger partial charge on any atom is 0.238 e. The van der Waals surface area contributed by atoms with Gasteiger partial charge in [-0.2, -0.15) is 9.97 Å². The second-order valence-electron chi connectivity index (χ2n) is 17.1. The molecule has 2 atom stereocenters. The number of para-hydroxylation sites is 1. The van der Waals surface area contributed by atoms with Gasteiger partial charge in [0, 0.05) is 64.5 Å². The van der Waals surface area contributed by atoms with Gasteiger partial charge in [0.05, 0.1) is 11.0 Å². The van der Waals surface area contributed by atoms with Crippen molar-refractivity contribution in [3.8, 4) is 62.1 Å². The summed E-state index contributed by atoms with van der Waals surface area (Å²) in [7, 11) is 0. The third-order valence-electron chi connectivity index (χ3n) is 13.3. The predicted molar refractivity (Wildman–Crippen MR) is 275 cm³/mol. The monoisotopic (exact) mass is 866 g/mol. The molecule has 314 valence electrons. The van der Waals surface area contributed by atoms with Crippen molar-refractivity contribution >= 4 is 70.4 Å². The van der Waals surface area contributed by atoms with Crippen molar-refractivity contribution in [1.29, 1.82) is 0 Å². The molecule has 0 saturated heterocycles. The van der Waals surface area contributed by atoms with E-state index in [-0.39, 0.29) is 0 Å². The largest absolute Gasteiger partial charge is 0.460 e. The number of fused-ring (bicyclic) bond motifs is 11. The molecule has 14 rings (SSSR count). The standard InChI is InChI=1S/C58H36N4OS.C2H6/c1-3-12-34(13-4-1)41-31-46(38-17-11-16-36(28-38)37-24-27-53-48(29-37)44-19-8-10-21-52(44)64-53)54-49(32-41)42-18-7-9-20-50(42)62(54)58-60-56(35-14-5-2-6-15-35)59-57(61-58)40-23-25-43-45-26-22-39-30-47(39)55(45)63-51(43)33-40;1-2/h1-29,31-33,39,47H,30H2;1-2H3. The number of benzene rings is 8. The average molecular weight is 867 g/mol. The highest BCUT2D eigenvalue weighted by atomic mass is 32.1. The van der Waals surface area contributed by atoms with E-state index in [2.05, 4.69) is 181 Å². The van der Waals surface area contributed by atoms with Gasteiger partial charge >= 0.3 is 0 Å². The molecule has 12 aromatic rings. The first kappa shape index (κ1) is 38.5. The Morgan fingerprint density at radius 1 is 0.500 bits per heavy atom. The van der Waals surface area contributed by atoms with Crippen LogP contribution >= 0.6 is 11.3 Å². The molecule has 0 aliphatic heterocycles. The Kier molecular flexibility index (Phi) is 8.97. The Hall–Kier alpha value is -7.93. The highest BCUT2D eigenvalue weighted by molar-refractivity contribution is 7.25. The van der Waals surface area contributed by atoms with E-state index in [4.69, 9.17) is 19.4 Å². The van der Waals surface area contributed by atoms with Gasteiger partial charge in [-0.1, -0.05) is 153 Å². The fourth-order valence-electron chi connectivity index (χ4n) is 10.1. The lowest BCUT2D eigenvalue weighted by Gasteiger charge is -2.15. The van der Waals surface area contributed by atoms with Crippen LogP contribution in [0.25, 0.3) is 121 Å². The fourth-order valence-corrected chi connectivity index (χ4v) is 11.2. The molecule has 0 radical (unpaired) electrons. The number of allylic oxidation sites excluding steroid dienone is 1. The van der Waals surface area contributed by atoms with Crippen LogP contribution in [0.2, 0.25) is 0 Å². The molecular weight excluding hydrogens is 825 g/mol. The maximum atomic E-state index is 6.60. The lowest BCUT2D eigenvalue weighted by Crippen LogP contribution is -2.07. The van der Waals surface area contributed by atoms with E-state index >= 15 is 0 Å². The van der Waals surface area contributed by atoms with Crippen LogP contribution in [0.3, 0.4) is 0 Å². The lowest BCUT2D eigenvalue weighted by molar-refractivity contribution is 0.545. The first-order chi connectivity index (χ1) is 32.7. The van der Waals surface area contributed by atoms with Crippen LogP contribution in [0.15, 0.2) is 192 Å². The summed E-state index contributed by atoms with van der Waals surface area (Å²) in [6.07, 6.45) is 5.74. The summed E-state index contributed by atoms with van der Waals surface area (Å²) >= 11 is 1.85. The molecule has 4 heterocycles. The van der Waals surface area contributed by atoms with Gasteiger partial charge in [0.25, 0.3) is 0 Å². The summed E-state index contributed by atoms with van der Waals surface area (Å²) in [4.78, 5) is 15.9. The predicted octanol–water partition coefficient (Wildman–Crippen LogP) is 16.6. The van der Waals surface area contributed by atoms with Crippen LogP contribution < -0.4 is 0 Å². The van der Waals surface area contributed by atoms with E-state index in [0.717, 1.165) is 83.9 Å². The van der Waals surface area contributed by atoms with Crippen LogP contribution in [0, 0.1) is 5.92 Å². The van der Waals surface area contributed by atoms with Gasteiger partial charge in [-0.3, -0.25) is 4.57 Å². The van der Waals surface area contributed by atoms with Crippen LogP contribution in [0.5, 0.6) is 0 Å².